The number of rotatable bonds is 7. The lowest BCUT2D eigenvalue weighted by atomic mass is 10.2. The fourth-order valence-corrected chi connectivity index (χ4v) is 2.56. The summed E-state index contributed by atoms with van der Waals surface area (Å²) in [5.74, 6) is -2.70. The molecular weight excluding hydrogens is 392 g/mol. The van der Waals surface area contributed by atoms with Crippen molar-refractivity contribution in [3.05, 3.63) is 95.6 Å². The van der Waals surface area contributed by atoms with Gasteiger partial charge in [-0.3, -0.25) is 4.79 Å². The van der Waals surface area contributed by atoms with Crippen molar-refractivity contribution in [3.8, 4) is 5.75 Å². The van der Waals surface area contributed by atoms with Crippen molar-refractivity contribution in [2.75, 3.05) is 5.32 Å². The second-order valence-corrected chi connectivity index (χ2v) is 6.46. The van der Waals surface area contributed by atoms with Crippen molar-refractivity contribution in [1.82, 2.24) is 0 Å². The zero-order chi connectivity index (χ0) is 21.5. The summed E-state index contributed by atoms with van der Waals surface area (Å²) in [5.41, 5.74) is 0.970. The minimum Gasteiger partial charge on any atom is -0.489 e. The summed E-state index contributed by atoms with van der Waals surface area (Å²) in [6.45, 7) is 1.69. The Labute approximate surface area is 172 Å². The van der Waals surface area contributed by atoms with Crippen LogP contribution in [0.2, 0.25) is 0 Å². The molecule has 0 saturated carbocycles. The van der Waals surface area contributed by atoms with Crippen LogP contribution in [0.4, 0.5) is 14.5 Å². The predicted octanol–water partition coefficient (Wildman–Crippen LogP) is 4.73. The van der Waals surface area contributed by atoms with E-state index in [9.17, 15) is 18.4 Å². The van der Waals surface area contributed by atoms with E-state index in [1.165, 1.54) is 19.1 Å². The molecule has 0 fully saturated rings. The molecule has 0 aromatic heterocycles. The Morgan fingerprint density at radius 3 is 2.47 bits per heavy atom. The average molecular weight is 411 g/mol. The molecule has 7 heteroatoms. The number of hydrogen-bond acceptors (Lipinski definition) is 4. The van der Waals surface area contributed by atoms with Gasteiger partial charge in [0, 0.05) is 6.07 Å². The normalized spacial score (nSPS) is 11.4. The first-order chi connectivity index (χ1) is 14.4. The summed E-state index contributed by atoms with van der Waals surface area (Å²) in [6, 6.07) is 18.7. The highest BCUT2D eigenvalue weighted by molar-refractivity contribution is 5.97. The lowest BCUT2D eigenvalue weighted by Crippen LogP contribution is -2.30. The zero-order valence-corrected chi connectivity index (χ0v) is 16.1. The van der Waals surface area contributed by atoms with Crippen molar-refractivity contribution in [2.45, 2.75) is 19.6 Å². The molecule has 0 aliphatic rings. The number of amides is 1. The van der Waals surface area contributed by atoms with Gasteiger partial charge in [0.15, 0.2) is 6.10 Å². The zero-order valence-electron chi connectivity index (χ0n) is 16.1. The minimum atomic E-state index is -1.20. The summed E-state index contributed by atoms with van der Waals surface area (Å²) in [7, 11) is 0. The first kappa shape index (κ1) is 21.0. The number of benzene rings is 3. The maximum absolute atomic E-state index is 13.7. The van der Waals surface area contributed by atoms with Crippen molar-refractivity contribution >= 4 is 17.6 Å². The van der Waals surface area contributed by atoms with E-state index in [1.807, 2.05) is 30.3 Å². The van der Waals surface area contributed by atoms with Crippen LogP contribution in [0.1, 0.15) is 22.8 Å². The highest BCUT2D eigenvalue weighted by Crippen LogP contribution is 2.18. The molecule has 3 aromatic rings. The highest BCUT2D eigenvalue weighted by Gasteiger charge is 2.20. The van der Waals surface area contributed by atoms with Gasteiger partial charge in [-0.05, 0) is 42.8 Å². The van der Waals surface area contributed by atoms with E-state index in [4.69, 9.17) is 9.47 Å². The summed E-state index contributed by atoms with van der Waals surface area (Å²) in [4.78, 5) is 24.5. The molecule has 0 aliphatic heterocycles. The standard InChI is InChI=1S/C23H19F2NO4/c1-15(22(27)26-21-11-10-18(24)13-20(21)25)30-23(28)17-8-5-9-19(12-17)29-14-16-6-3-2-4-7-16/h2-13,15H,14H2,1H3,(H,26,27)/t15-/m1/s1. The second-order valence-electron chi connectivity index (χ2n) is 6.46. The Morgan fingerprint density at radius 1 is 0.967 bits per heavy atom. The molecule has 5 nitrogen and oxygen atoms in total. The van der Waals surface area contributed by atoms with E-state index < -0.39 is 29.6 Å². The van der Waals surface area contributed by atoms with Gasteiger partial charge in [0.25, 0.3) is 5.91 Å². The van der Waals surface area contributed by atoms with Crippen LogP contribution >= 0.6 is 0 Å². The lowest BCUT2D eigenvalue weighted by Gasteiger charge is -2.14. The van der Waals surface area contributed by atoms with E-state index in [2.05, 4.69) is 5.32 Å². The number of ether oxygens (including phenoxy) is 2. The fourth-order valence-electron chi connectivity index (χ4n) is 2.56. The Hall–Kier alpha value is -3.74. The molecular formula is C23H19F2NO4. The first-order valence-corrected chi connectivity index (χ1v) is 9.16. The molecule has 0 radical (unpaired) electrons. The van der Waals surface area contributed by atoms with Crippen LogP contribution in [0.15, 0.2) is 72.8 Å². The number of anilines is 1. The van der Waals surface area contributed by atoms with Gasteiger partial charge in [-0.15, -0.1) is 0 Å². The highest BCUT2D eigenvalue weighted by atomic mass is 19.1. The molecule has 154 valence electrons. The number of hydrogen-bond donors (Lipinski definition) is 1. The molecule has 3 rings (SSSR count). The van der Waals surface area contributed by atoms with Gasteiger partial charge in [-0.25, -0.2) is 13.6 Å². The number of carbonyl (C=O) groups is 2. The largest absolute Gasteiger partial charge is 0.489 e. The van der Waals surface area contributed by atoms with E-state index in [-0.39, 0.29) is 11.3 Å². The Kier molecular flexibility index (Phi) is 6.75. The third-order valence-corrected chi connectivity index (χ3v) is 4.16. The number of nitrogens with one attached hydrogen (secondary N) is 1. The van der Waals surface area contributed by atoms with Crippen molar-refractivity contribution < 1.29 is 27.8 Å². The first-order valence-electron chi connectivity index (χ1n) is 9.16. The Bertz CT molecular complexity index is 1040. The van der Waals surface area contributed by atoms with Crippen LogP contribution in [-0.4, -0.2) is 18.0 Å². The number of esters is 1. The molecule has 3 aromatic carbocycles. The number of halogens is 2. The van der Waals surface area contributed by atoms with Gasteiger partial charge in [-0.2, -0.15) is 0 Å². The number of carbonyl (C=O) groups excluding carboxylic acids is 2. The predicted molar refractivity (Wildman–Crippen MR) is 107 cm³/mol. The topological polar surface area (TPSA) is 64.6 Å². The molecule has 0 bridgehead atoms. The second kappa shape index (κ2) is 9.65. The molecule has 1 atom stereocenters. The van der Waals surface area contributed by atoms with E-state index in [0.29, 0.717) is 18.4 Å². The van der Waals surface area contributed by atoms with Gasteiger partial charge in [0.1, 0.15) is 24.0 Å². The van der Waals surface area contributed by atoms with Gasteiger partial charge in [0.2, 0.25) is 0 Å². The van der Waals surface area contributed by atoms with Crippen LogP contribution in [0.5, 0.6) is 5.75 Å². The van der Waals surface area contributed by atoms with Crippen molar-refractivity contribution in [2.24, 2.45) is 0 Å². The van der Waals surface area contributed by atoms with Crippen LogP contribution < -0.4 is 10.1 Å². The molecule has 30 heavy (non-hydrogen) atoms. The van der Waals surface area contributed by atoms with Gasteiger partial charge >= 0.3 is 5.97 Å². The fraction of sp³-hybridized carbons (Fsp3) is 0.130. The van der Waals surface area contributed by atoms with Gasteiger partial charge in [-0.1, -0.05) is 36.4 Å². The van der Waals surface area contributed by atoms with Crippen LogP contribution in [0.3, 0.4) is 0 Å². The molecule has 0 heterocycles. The average Bonchev–Trinajstić information content (AvgIpc) is 2.75. The quantitative estimate of drug-likeness (QED) is 0.571. The monoisotopic (exact) mass is 411 g/mol. The van der Waals surface area contributed by atoms with E-state index >= 15 is 0 Å². The van der Waals surface area contributed by atoms with E-state index in [0.717, 1.165) is 17.7 Å². The smallest absolute Gasteiger partial charge is 0.339 e. The molecule has 0 spiro atoms. The van der Waals surface area contributed by atoms with Crippen molar-refractivity contribution in [1.29, 1.82) is 0 Å². The summed E-state index contributed by atoms with van der Waals surface area (Å²) < 4.78 is 37.4. The lowest BCUT2D eigenvalue weighted by molar-refractivity contribution is -0.123. The Balaban J connectivity index is 1.58. The van der Waals surface area contributed by atoms with Crippen LogP contribution in [-0.2, 0) is 16.1 Å². The molecule has 0 unspecified atom stereocenters. The maximum atomic E-state index is 13.7. The minimum absolute atomic E-state index is 0.202. The van der Waals surface area contributed by atoms with Crippen LogP contribution in [0, 0.1) is 11.6 Å². The maximum Gasteiger partial charge on any atom is 0.339 e. The van der Waals surface area contributed by atoms with Crippen LogP contribution in [0.25, 0.3) is 0 Å². The molecule has 0 aliphatic carbocycles. The summed E-state index contributed by atoms with van der Waals surface area (Å²) >= 11 is 0. The molecule has 1 N–H and O–H groups in total. The SMILES string of the molecule is C[C@@H](OC(=O)c1cccc(OCc2ccccc2)c1)C(=O)Nc1ccc(F)cc1F. The third-order valence-electron chi connectivity index (χ3n) is 4.16. The van der Waals surface area contributed by atoms with Gasteiger partial charge in [0.05, 0.1) is 11.3 Å². The molecule has 0 saturated heterocycles. The summed E-state index contributed by atoms with van der Waals surface area (Å²) in [5, 5.41) is 2.26. The Morgan fingerprint density at radius 2 is 1.73 bits per heavy atom. The van der Waals surface area contributed by atoms with E-state index in [1.54, 1.807) is 12.1 Å². The third kappa shape index (κ3) is 5.64. The van der Waals surface area contributed by atoms with Crippen molar-refractivity contribution in [3.63, 3.8) is 0 Å². The summed E-state index contributed by atoms with van der Waals surface area (Å²) in [6.07, 6.45) is -1.20. The van der Waals surface area contributed by atoms with Gasteiger partial charge < -0.3 is 14.8 Å². The molecule has 1 amide bonds.